The van der Waals surface area contributed by atoms with E-state index in [2.05, 4.69) is 10.9 Å². The molecule has 1 aromatic heterocycles. The molecule has 0 aliphatic heterocycles. The van der Waals surface area contributed by atoms with E-state index in [1.54, 1.807) is 29.8 Å². The molecule has 0 atom stereocenters. The fourth-order valence-corrected chi connectivity index (χ4v) is 3.86. The molecule has 2 aromatic carbocycles. The van der Waals surface area contributed by atoms with Crippen molar-refractivity contribution in [2.45, 2.75) is 5.03 Å². The van der Waals surface area contributed by atoms with Gasteiger partial charge < -0.3 is 9.67 Å². The Kier molecular flexibility index (Phi) is 5.03. The number of thioether (sulfide) groups is 1. The van der Waals surface area contributed by atoms with Crippen LogP contribution in [0.2, 0.25) is 0 Å². The average Bonchev–Trinajstić information content (AvgIpc) is 2.99. The molecule has 0 unspecified atom stereocenters. The summed E-state index contributed by atoms with van der Waals surface area (Å²) in [5.41, 5.74) is 3.76. The molecule has 0 radical (unpaired) electrons. The van der Waals surface area contributed by atoms with Crippen LogP contribution in [0.25, 0.3) is 27.1 Å². The van der Waals surface area contributed by atoms with Gasteiger partial charge in [-0.25, -0.2) is 9.64 Å². The van der Waals surface area contributed by atoms with Crippen LogP contribution in [0.5, 0.6) is 0 Å². The second-order valence-electron chi connectivity index (χ2n) is 5.79. The van der Waals surface area contributed by atoms with Crippen molar-refractivity contribution in [3.05, 3.63) is 71.2 Å². The first kappa shape index (κ1) is 18.3. The third kappa shape index (κ3) is 3.08. The van der Waals surface area contributed by atoms with Crippen LogP contribution < -0.4 is 0 Å². The van der Waals surface area contributed by atoms with Crippen molar-refractivity contribution in [1.82, 2.24) is 4.57 Å². The molecule has 1 N–H and O–H groups in total. The number of nitrogens with zero attached hydrogens (tertiary/aromatic N) is 3. The van der Waals surface area contributed by atoms with Crippen LogP contribution in [0.15, 0.2) is 53.6 Å². The molecule has 0 spiro atoms. The van der Waals surface area contributed by atoms with E-state index in [0.717, 1.165) is 11.1 Å². The van der Waals surface area contributed by atoms with Crippen LogP contribution in [0, 0.1) is 17.9 Å². The molecule has 132 valence electrons. The van der Waals surface area contributed by atoms with Crippen molar-refractivity contribution in [2.24, 2.45) is 7.05 Å². The van der Waals surface area contributed by atoms with Gasteiger partial charge in [0.2, 0.25) is 5.69 Å². The van der Waals surface area contributed by atoms with Crippen molar-refractivity contribution < 1.29 is 9.90 Å². The lowest BCUT2D eigenvalue weighted by Crippen LogP contribution is -2.06. The van der Waals surface area contributed by atoms with Crippen LogP contribution in [-0.4, -0.2) is 21.9 Å². The molecule has 0 bridgehead atoms. The number of aromatic carboxylic acids is 1. The Labute approximate surface area is 161 Å². The highest BCUT2D eigenvalue weighted by atomic mass is 32.2. The van der Waals surface area contributed by atoms with Crippen molar-refractivity contribution in [3.63, 3.8) is 0 Å². The van der Waals surface area contributed by atoms with Crippen molar-refractivity contribution >= 4 is 23.4 Å². The number of carbonyl (C=O) groups is 1. The highest BCUT2D eigenvalue weighted by Crippen LogP contribution is 2.43. The maximum absolute atomic E-state index is 11.8. The maximum Gasteiger partial charge on any atom is 0.351 e. The largest absolute Gasteiger partial charge is 0.477 e. The van der Waals surface area contributed by atoms with Crippen molar-refractivity contribution in [1.29, 1.82) is 5.26 Å². The molecule has 0 saturated carbocycles. The molecular weight excluding hydrogens is 358 g/mol. The lowest BCUT2D eigenvalue weighted by Gasteiger charge is -2.08. The van der Waals surface area contributed by atoms with Crippen LogP contribution in [0.1, 0.15) is 16.1 Å². The summed E-state index contributed by atoms with van der Waals surface area (Å²) in [5.74, 6) is -1.07. The molecular formula is C21H15N3O2S. The van der Waals surface area contributed by atoms with E-state index in [-0.39, 0.29) is 5.69 Å². The Morgan fingerprint density at radius 1 is 1.19 bits per heavy atom. The lowest BCUT2D eigenvalue weighted by atomic mass is 9.97. The van der Waals surface area contributed by atoms with Gasteiger partial charge in [-0.3, -0.25) is 0 Å². The maximum atomic E-state index is 11.8. The molecule has 0 amide bonds. The normalized spacial score (nSPS) is 10.2. The molecule has 0 aliphatic rings. The van der Waals surface area contributed by atoms with E-state index in [1.807, 2.05) is 36.6 Å². The predicted molar refractivity (Wildman–Crippen MR) is 106 cm³/mol. The van der Waals surface area contributed by atoms with E-state index < -0.39 is 5.97 Å². The second kappa shape index (κ2) is 7.41. The van der Waals surface area contributed by atoms with Gasteiger partial charge in [-0.05, 0) is 29.0 Å². The smallest absolute Gasteiger partial charge is 0.351 e. The summed E-state index contributed by atoms with van der Waals surface area (Å²) in [6, 6.07) is 16.8. The lowest BCUT2D eigenvalue weighted by molar-refractivity contribution is 0.0686. The average molecular weight is 373 g/mol. The Morgan fingerprint density at radius 3 is 2.37 bits per heavy atom. The molecule has 1 heterocycles. The molecule has 0 aliphatic carbocycles. The summed E-state index contributed by atoms with van der Waals surface area (Å²) in [6.07, 6.45) is 1.82. The monoisotopic (exact) mass is 373 g/mol. The number of aromatic nitrogens is 1. The second-order valence-corrected chi connectivity index (χ2v) is 6.59. The number of carboxylic acid groups (broad SMARTS) is 1. The van der Waals surface area contributed by atoms with E-state index >= 15 is 0 Å². The quantitative estimate of drug-likeness (QED) is 0.504. The Balaban J connectivity index is 2.18. The fourth-order valence-electron chi connectivity index (χ4n) is 3.16. The van der Waals surface area contributed by atoms with Gasteiger partial charge in [0.1, 0.15) is 5.69 Å². The SMILES string of the molecule is [C-]#[N+]c1c(-c2ccc(-c3ccccc3C#N)cc2)c(C(=O)O)n(C)c1SC. The van der Waals surface area contributed by atoms with E-state index in [1.165, 1.54) is 11.8 Å². The zero-order chi connectivity index (χ0) is 19.6. The molecule has 5 nitrogen and oxygen atoms in total. The van der Waals surface area contributed by atoms with Gasteiger partial charge in [-0.15, -0.1) is 11.8 Å². The number of hydrogen-bond donors (Lipinski definition) is 1. The first-order valence-electron chi connectivity index (χ1n) is 8.00. The zero-order valence-electron chi connectivity index (χ0n) is 14.7. The predicted octanol–water partition coefficient (Wildman–Crippen LogP) is 5.20. The van der Waals surface area contributed by atoms with Gasteiger partial charge in [0, 0.05) is 12.6 Å². The molecule has 3 rings (SSSR count). The summed E-state index contributed by atoms with van der Waals surface area (Å²) in [5, 5.41) is 19.6. The van der Waals surface area contributed by atoms with Gasteiger partial charge in [0.25, 0.3) is 0 Å². The van der Waals surface area contributed by atoms with E-state index in [9.17, 15) is 15.2 Å². The Hall–Kier alpha value is -3.48. The number of nitriles is 1. The van der Waals surface area contributed by atoms with Crippen molar-refractivity contribution in [3.8, 4) is 28.3 Å². The Bertz CT molecular complexity index is 1120. The van der Waals surface area contributed by atoms with Gasteiger partial charge >= 0.3 is 5.97 Å². The fraction of sp³-hybridized carbons (Fsp3) is 0.0952. The highest BCUT2D eigenvalue weighted by molar-refractivity contribution is 7.98. The van der Waals surface area contributed by atoms with Crippen LogP contribution in [0.4, 0.5) is 5.69 Å². The zero-order valence-corrected chi connectivity index (χ0v) is 15.5. The first-order valence-corrected chi connectivity index (χ1v) is 9.23. The van der Waals surface area contributed by atoms with Gasteiger partial charge in [-0.2, -0.15) is 5.26 Å². The molecule has 0 saturated heterocycles. The number of benzene rings is 2. The molecule has 0 fully saturated rings. The molecule has 3 aromatic rings. The minimum atomic E-state index is -1.07. The van der Waals surface area contributed by atoms with Crippen LogP contribution >= 0.6 is 11.8 Å². The minimum Gasteiger partial charge on any atom is -0.477 e. The van der Waals surface area contributed by atoms with Crippen LogP contribution in [0.3, 0.4) is 0 Å². The van der Waals surface area contributed by atoms with Gasteiger partial charge in [0.15, 0.2) is 0 Å². The minimum absolute atomic E-state index is 0.0931. The standard InChI is InChI=1S/C21H15N3O2S/c1-23-18-17(19(21(25)26)24(2)20(18)27-3)14-10-8-13(9-11-14)16-7-5-4-6-15(16)12-22/h4-11H,2-3H3,(H,25,26). The summed E-state index contributed by atoms with van der Waals surface area (Å²) >= 11 is 1.35. The molecule has 27 heavy (non-hydrogen) atoms. The van der Waals surface area contributed by atoms with Gasteiger partial charge in [-0.1, -0.05) is 42.5 Å². The summed E-state index contributed by atoms with van der Waals surface area (Å²) < 4.78 is 1.55. The first-order chi connectivity index (χ1) is 13.0. The number of rotatable bonds is 4. The van der Waals surface area contributed by atoms with Crippen LogP contribution in [-0.2, 0) is 7.05 Å². The van der Waals surface area contributed by atoms with Crippen molar-refractivity contribution in [2.75, 3.05) is 6.26 Å². The summed E-state index contributed by atoms with van der Waals surface area (Å²) in [4.78, 5) is 15.4. The number of hydrogen-bond acceptors (Lipinski definition) is 3. The highest BCUT2D eigenvalue weighted by Gasteiger charge is 2.26. The number of carboxylic acids is 1. The summed E-state index contributed by atoms with van der Waals surface area (Å²) in [6.45, 7) is 7.53. The third-order valence-corrected chi connectivity index (χ3v) is 5.21. The van der Waals surface area contributed by atoms with Gasteiger partial charge in [0.05, 0.1) is 23.2 Å². The van der Waals surface area contributed by atoms with E-state index in [0.29, 0.717) is 27.4 Å². The topological polar surface area (TPSA) is 70.4 Å². The molecule has 6 heteroatoms. The Morgan fingerprint density at radius 2 is 1.81 bits per heavy atom. The summed E-state index contributed by atoms with van der Waals surface area (Å²) in [7, 11) is 1.66. The van der Waals surface area contributed by atoms with E-state index in [4.69, 9.17) is 6.57 Å². The third-order valence-electron chi connectivity index (χ3n) is 4.36.